The van der Waals surface area contributed by atoms with Gasteiger partial charge in [-0.25, -0.2) is 4.79 Å². The molecule has 3 N–H and O–H groups in total. The number of aromatic amines is 2. The van der Waals surface area contributed by atoms with E-state index in [0.29, 0.717) is 34.3 Å². The number of amides is 1. The molecule has 1 amide bonds. The second-order valence-corrected chi connectivity index (χ2v) is 9.34. The van der Waals surface area contributed by atoms with Gasteiger partial charge in [0.05, 0.1) is 22.5 Å². The number of fused-ring (bicyclic) bond motifs is 1. The molecule has 9 nitrogen and oxygen atoms in total. The summed E-state index contributed by atoms with van der Waals surface area (Å²) in [4.78, 5) is 29.7. The van der Waals surface area contributed by atoms with Crippen molar-refractivity contribution in [2.75, 3.05) is 5.32 Å². The van der Waals surface area contributed by atoms with Crippen LogP contribution in [-0.4, -0.2) is 35.9 Å². The monoisotopic (exact) mass is 452 g/mol. The SMILES string of the molecule is C[C@H](Sc1nnc(-c2ccco2)n1C1CCCCC1)C(=O)Nc1ccc2[nH]c(=O)[nH]c2c1. The van der Waals surface area contributed by atoms with E-state index >= 15 is 0 Å². The molecule has 1 aliphatic carbocycles. The lowest BCUT2D eigenvalue weighted by Crippen LogP contribution is -2.23. The molecule has 3 aromatic heterocycles. The van der Waals surface area contributed by atoms with E-state index in [1.807, 2.05) is 19.1 Å². The minimum Gasteiger partial charge on any atom is -0.461 e. The fourth-order valence-corrected chi connectivity index (χ4v) is 5.08. The zero-order chi connectivity index (χ0) is 22.1. The summed E-state index contributed by atoms with van der Waals surface area (Å²) in [5.41, 5.74) is 1.69. The summed E-state index contributed by atoms with van der Waals surface area (Å²) < 4.78 is 7.73. The molecule has 0 radical (unpaired) electrons. The van der Waals surface area contributed by atoms with Gasteiger partial charge >= 0.3 is 5.69 Å². The van der Waals surface area contributed by atoms with E-state index in [-0.39, 0.29) is 11.6 Å². The first-order valence-corrected chi connectivity index (χ1v) is 11.6. The molecule has 166 valence electrons. The van der Waals surface area contributed by atoms with Gasteiger partial charge in [-0.3, -0.25) is 9.36 Å². The highest BCUT2D eigenvalue weighted by molar-refractivity contribution is 8.00. The van der Waals surface area contributed by atoms with Crippen LogP contribution in [0.15, 0.2) is 51.0 Å². The van der Waals surface area contributed by atoms with Gasteiger partial charge in [0.2, 0.25) is 11.7 Å². The molecule has 0 saturated heterocycles. The maximum atomic E-state index is 12.9. The third-order valence-corrected chi connectivity index (χ3v) is 6.84. The molecular formula is C22H24N6O3S. The Bertz CT molecular complexity index is 1280. The molecule has 4 aromatic rings. The van der Waals surface area contributed by atoms with Gasteiger partial charge in [0.1, 0.15) is 0 Å². The Hall–Kier alpha value is -3.27. The fraction of sp³-hybridized carbons (Fsp3) is 0.364. The standard InChI is InChI=1S/C22H24N6O3S/c1-13(20(29)23-14-9-10-16-17(12-14)25-21(30)24-16)32-22-27-26-19(18-8-5-11-31-18)28(22)15-6-3-2-4-7-15/h5,8-13,15H,2-4,6-7H2,1H3,(H,23,29)(H2,24,25,30)/t13-/m0/s1. The number of nitrogens with one attached hydrogen (secondary N) is 3. The normalized spacial score (nSPS) is 15.8. The summed E-state index contributed by atoms with van der Waals surface area (Å²) in [6, 6.07) is 9.28. The van der Waals surface area contributed by atoms with E-state index in [1.54, 1.807) is 24.5 Å². The second-order valence-electron chi connectivity index (χ2n) is 8.03. The summed E-state index contributed by atoms with van der Waals surface area (Å²) in [5, 5.41) is 12.1. The Morgan fingerprint density at radius 3 is 2.78 bits per heavy atom. The maximum absolute atomic E-state index is 12.9. The van der Waals surface area contributed by atoms with E-state index in [4.69, 9.17) is 4.42 Å². The van der Waals surface area contributed by atoms with Crippen molar-refractivity contribution in [1.82, 2.24) is 24.7 Å². The summed E-state index contributed by atoms with van der Waals surface area (Å²) in [6.07, 6.45) is 7.34. The molecule has 1 atom stereocenters. The molecule has 1 aliphatic rings. The average molecular weight is 453 g/mol. The predicted octanol–water partition coefficient (Wildman–Crippen LogP) is 4.33. The summed E-state index contributed by atoms with van der Waals surface area (Å²) in [6.45, 7) is 1.85. The zero-order valence-electron chi connectivity index (χ0n) is 17.6. The summed E-state index contributed by atoms with van der Waals surface area (Å²) in [5.74, 6) is 1.24. The molecule has 0 spiro atoms. The third-order valence-electron chi connectivity index (χ3n) is 5.78. The number of carbonyl (C=O) groups excluding carboxylic acids is 1. The van der Waals surface area contributed by atoms with Gasteiger partial charge < -0.3 is 19.7 Å². The summed E-state index contributed by atoms with van der Waals surface area (Å²) in [7, 11) is 0. The maximum Gasteiger partial charge on any atom is 0.323 e. The highest BCUT2D eigenvalue weighted by Crippen LogP contribution is 2.36. The number of thioether (sulfide) groups is 1. The van der Waals surface area contributed by atoms with Crippen LogP contribution >= 0.6 is 11.8 Å². The molecule has 1 saturated carbocycles. The van der Waals surface area contributed by atoms with Crippen molar-refractivity contribution in [3.05, 3.63) is 47.1 Å². The minimum absolute atomic E-state index is 0.148. The van der Waals surface area contributed by atoms with Crippen molar-refractivity contribution in [1.29, 1.82) is 0 Å². The fourth-order valence-electron chi connectivity index (χ4n) is 4.17. The Morgan fingerprint density at radius 2 is 2.00 bits per heavy atom. The number of hydrogen-bond acceptors (Lipinski definition) is 6. The summed E-state index contributed by atoms with van der Waals surface area (Å²) >= 11 is 1.39. The van der Waals surface area contributed by atoms with Gasteiger partial charge in [0.15, 0.2) is 10.9 Å². The van der Waals surface area contributed by atoms with E-state index in [9.17, 15) is 9.59 Å². The smallest absolute Gasteiger partial charge is 0.323 e. The van der Waals surface area contributed by atoms with Crippen LogP contribution in [0.1, 0.15) is 45.1 Å². The number of H-pyrrole nitrogens is 2. The van der Waals surface area contributed by atoms with E-state index in [0.717, 1.165) is 18.0 Å². The van der Waals surface area contributed by atoms with Gasteiger partial charge in [-0.1, -0.05) is 31.0 Å². The molecule has 32 heavy (non-hydrogen) atoms. The van der Waals surface area contributed by atoms with Crippen molar-refractivity contribution in [2.24, 2.45) is 0 Å². The van der Waals surface area contributed by atoms with Gasteiger partial charge in [-0.05, 0) is 50.1 Å². The minimum atomic E-state index is -0.396. The van der Waals surface area contributed by atoms with Gasteiger partial charge in [-0.15, -0.1) is 10.2 Å². The molecule has 3 heterocycles. The van der Waals surface area contributed by atoms with Gasteiger partial charge in [0.25, 0.3) is 0 Å². The Kier molecular flexibility index (Phi) is 5.60. The van der Waals surface area contributed by atoms with Crippen LogP contribution < -0.4 is 11.0 Å². The van der Waals surface area contributed by atoms with Crippen molar-refractivity contribution < 1.29 is 9.21 Å². The number of benzene rings is 1. The van der Waals surface area contributed by atoms with Crippen LogP contribution in [-0.2, 0) is 4.79 Å². The molecule has 0 aliphatic heterocycles. The first-order valence-electron chi connectivity index (χ1n) is 10.8. The zero-order valence-corrected chi connectivity index (χ0v) is 18.4. The molecule has 10 heteroatoms. The van der Waals surface area contributed by atoms with E-state index < -0.39 is 5.25 Å². The van der Waals surface area contributed by atoms with Crippen LogP contribution in [0.3, 0.4) is 0 Å². The number of furan rings is 1. The Labute approximate surface area is 188 Å². The van der Waals surface area contributed by atoms with Gasteiger partial charge in [-0.2, -0.15) is 0 Å². The quantitative estimate of drug-likeness (QED) is 0.374. The molecule has 5 rings (SSSR count). The lowest BCUT2D eigenvalue weighted by Gasteiger charge is -2.25. The Morgan fingerprint density at radius 1 is 1.19 bits per heavy atom. The van der Waals surface area contributed by atoms with Crippen LogP contribution in [0.2, 0.25) is 0 Å². The molecule has 1 aromatic carbocycles. The second kappa shape index (κ2) is 8.70. The van der Waals surface area contributed by atoms with Crippen molar-refractivity contribution in [3.63, 3.8) is 0 Å². The highest BCUT2D eigenvalue weighted by Gasteiger charge is 2.27. The number of anilines is 1. The number of nitrogens with zero attached hydrogens (tertiary/aromatic N) is 3. The number of aromatic nitrogens is 5. The van der Waals surface area contributed by atoms with Crippen LogP contribution in [0.25, 0.3) is 22.6 Å². The lowest BCUT2D eigenvalue weighted by molar-refractivity contribution is -0.115. The van der Waals surface area contributed by atoms with Gasteiger partial charge in [0, 0.05) is 11.7 Å². The van der Waals surface area contributed by atoms with Crippen molar-refractivity contribution in [2.45, 2.75) is 55.5 Å². The Balaban J connectivity index is 1.36. The van der Waals surface area contributed by atoms with Crippen LogP contribution in [0.5, 0.6) is 0 Å². The third kappa shape index (κ3) is 4.10. The largest absolute Gasteiger partial charge is 0.461 e. The predicted molar refractivity (Wildman–Crippen MR) is 123 cm³/mol. The van der Waals surface area contributed by atoms with Crippen molar-refractivity contribution >= 4 is 34.4 Å². The van der Waals surface area contributed by atoms with Crippen LogP contribution in [0, 0.1) is 0 Å². The lowest BCUT2D eigenvalue weighted by atomic mass is 9.95. The van der Waals surface area contributed by atoms with E-state index in [1.165, 1.54) is 31.0 Å². The molecule has 0 bridgehead atoms. The number of rotatable bonds is 6. The first kappa shape index (κ1) is 20.6. The number of imidazole rings is 1. The molecular weight excluding hydrogens is 428 g/mol. The molecule has 1 fully saturated rings. The highest BCUT2D eigenvalue weighted by atomic mass is 32.2. The average Bonchev–Trinajstić information content (AvgIpc) is 3.53. The van der Waals surface area contributed by atoms with Crippen molar-refractivity contribution in [3.8, 4) is 11.6 Å². The first-order chi connectivity index (χ1) is 15.6. The number of hydrogen-bond donors (Lipinski definition) is 3. The van der Waals surface area contributed by atoms with Crippen LogP contribution in [0.4, 0.5) is 5.69 Å². The molecule has 0 unspecified atom stereocenters. The van der Waals surface area contributed by atoms with E-state index in [2.05, 4.69) is 30.0 Å². The number of carbonyl (C=O) groups is 1. The topological polar surface area (TPSA) is 122 Å².